The maximum absolute atomic E-state index is 12.0. The molecule has 1 heterocycles. The smallest absolute Gasteiger partial charge is 0.254 e. The van der Waals surface area contributed by atoms with Gasteiger partial charge in [-0.15, -0.1) is 0 Å². The molecule has 7 heteroatoms. The number of pyridine rings is 1. The van der Waals surface area contributed by atoms with Crippen molar-refractivity contribution in [3.8, 4) is 0 Å². The van der Waals surface area contributed by atoms with Crippen molar-refractivity contribution in [3.63, 3.8) is 0 Å². The third-order valence-electron chi connectivity index (χ3n) is 2.32. The molecule has 0 aliphatic carbocycles. The SMILES string of the molecule is CCN(CC)S(=O)(=O)Nc1ncc(Br)cc1C. The van der Waals surface area contributed by atoms with Crippen LogP contribution in [0.4, 0.5) is 5.82 Å². The van der Waals surface area contributed by atoms with E-state index >= 15 is 0 Å². The molecule has 0 radical (unpaired) electrons. The molecule has 0 aliphatic heterocycles. The summed E-state index contributed by atoms with van der Waals surface area (Å²) in [6.45, 7) is 6.26. The Morgan fingerprint density at radius 1 is 1.41 bits per heavy atom. The van der Waals surface area contributed by atoms with Crippen molar-refractivity contribution < 1.29 is 8.42 Å². The first-order valence-electron chi connectivity index (χ1n) is 5.30. The van der Waals surface area contributed by atoms with Gasteiger partial charge in [0.15, 0.2) is 0 Å². The Bertz CT molecular complexity index is 486. The number of hydrogen-bond donors (Lipinski definition) is 1. The molecule has 0 saturated heterocycles. The molecule has 1 aromatic heterocycles. The quantitative estimate of drug-likeness (QED) is 0.903. The second-order valence-electron chi connectivity index (χ2n) is 3.51. The predicted octanol–water partition coefficient (Wildman–Crippen LogP) is 2.15. The number of halogens is 1. The highest BCUT2D eigenvalue weighted by molar-refractivity contribution is 9.10. The fraction of sp³-hybridized carbons (Fsp3) is 0.500. The molecule has 5 nitrogen and oxygen atoms in total. The standard InChI is InChI=1S/C10H16BrN3O2S/c1-4-14(5-2)17(15,16)13-10-8(3)6-9(11)7-12-10/h6-7H,4-5H2,1-3H3,(H,12,13). The highest BCUT2D eigenvalue weighted by atomic mass is 79.9. The van der Waals surface area contributed by atoms with E-state index in [-0.39, 0.29) is 0 Å². The van der Waals surface area contributed by atoms with Gasteiger partial charge in [0.25, 0.3) is 0 Å². The number of nitrogens with one attached hydrogen (secondary N) is 1. The second-order valence-corrected chi connectivity index (χ2v) is 6.10. The van der Waals surface area contributed by atoms with Crippen LogP contribution in [0.25, 0.3) is 0 Å². The van der Waals surface area contributed by atoms with Crippen LogP contribution in [-0.2, 0) is 10.2 Å². The highest BCUT2D eigenvalue weighted by Gasteiger charge is 2.19. The molecule has 0 spiro atoms. The van der Waals surface area contributed by atoms with E-state index in [0.717, 1.165) is 10.0 Å². The molecule has 96 valence electrons. The number of nitrogens with zero attached hydrogens (tertiary/aromatic N) is 2. The predicted molar refractivity (Wildman–Crippen MR) is 72.1 cm³/mol. The Labute approximate surface area is 111 Å². The van der Waals surface area contributed by atoms with Gasteiger partial charge in [0, 0.05) is 23.8 Å². The van der Waals surface area contributed by atoms with Gasteiger partial charge in [-0.05, 0) is 34.5 Å². The van der Waals surface area contributed by atoms with Crippen molar-refractivity contribution in [2.75, 3.05) is 17.8 Å². The number of aromatic nitrogens is 1. The van der Waals surface area contributed by atoms with Crippen LogP contribution in [0.3, 0.4) is 0 Å². The van der Waals surface area contributed by atoms with Crippen LogP contribution in [0.2, 0.25) is 0 Å². The molecule has 0 amide bonds. The zero-order valence-corrected chi connectivity index (χ0v) is 12.5. The fourth-order valence-corrected chi connectivity index (χ4v) is 3.11. The van der Waals surface area contributed by atoms with Gasteiger partial charge >= 0.3 is 10.2 Å². The maximum Gasteiger partial charge on any atom is 0.302 e. The van der Waals surface area contributed by atoms with Crippen LogP contribution < -0.4 is 4.72 Å². The van der Waals surface area contributed by atoms with E-state index in [1.165, 1.54) is 4.31 Å². The fourth-order valence-electron chi connectivity index (χ4n) is 1.40. The van der Waals surface area contributed by atoms with Crippen molar-refractivity contribution in [3.05, 3.63) is 22.3 Å². The number of anilines is 1. The molecule has 0 aromatic carbocycles. The molecule has 1 N–H and O–H groups in total. The molecule has 0 unspecified atom stereocenters. The van der Waals surface area contributed by atoms with Crippen LogP contribution in [0.1, 0.15) is 19.4 Å². The minimum Gasteiger partial charge on any atom is -0.254 e. The van der Waals surface area contributed by atoms with Crippen molar-refractivity contribution in [2.24, 2.45) is 0 Å². The molecular weight excluding hydrogens is 306 g/mol. The first kappa shape index (κ1) is 14.4. The number of hydrogen-bond acceptors (Lipinski definition) is 3. The van der Waals surface area contributed by atoms with E-state index in [4.69, 9.17) is 0 Å². The van der Waals surface area contributed by atoms with Gasteiger partial charge in [-0.25, -0.2) is 4.98 Å². The topological polar surface area (TPSA) is 62.3 Å². The van der Waals surface area contributed by atoms with Crippen molar-refractivity contribution in [1.82, 2.24) is 9.29 Å². The molecule has 0 aliphatic rings. The van der Waals surface area contributed by atoms with Gasteiger partial charge < -0.3 is 0 Å². The maximum atomic E-state index is 12.0. The van der Waals surface area contributed by atoms with Crippen molar-refractivity contribution in [2.45, 2.75) is 20.8 Å². The van der Waals surface area contributed by atoms with E-state index in [1.54, 1.807) is 27.0 Å². The lowest BCUT2D eigenvalue weighted by molar-refractivity contribution is 0.449. The molecule has 0 saturated carbocycles. The molecule has 0 bridgehead atoms. The van der Waals surface area contributed by atoms with E-state index in [1.807, 2.05) is 6.07 Å². The Balaban J connectivity index is 2.98. The van der Waals surface area contributed by atoms with E-state index in [9.17, 15) is 8.42 Å². The summed E-state index contributed by atoms with van der Waals surface area (Å²) in [5.74, 6) is 0.361. The average Bonchev–Trinajstić information content (AvgIpc) is 2.23. The number of aryl methyl sites for hydroxylation is 1. The Hall–Kier alpha value is -0.660. The third kappa shape index (κ3) is 3.65. The first-order chi connectivity index (χ1) is 7.90. The van der Waals surface area contributed by atoms with Crippen LogP contribution in [-0.4, -0.2) is 30.8 Å². The van der Waals surface area contributed by atoms with Crippen LogP contribution in [0, 0.1) is 6.92 Å². The van der Waals surface area contributed by atoms with Crippen molar-refractivity contribution in [1.29, 1.82) is 0 Å². The Morgan fingerprint density at radius 3 is 2.47 bits per heavy atom. The minimum absolute atomic E-state index is 0.361. The van der Waals surface area contributed by atoms with E-state index in [2.05, 4.69) is 25.6 Å². The van der Waals surface area contributed by atoms with Gasteiger partial charge in [-0.1, -0.05) is 13.8 Å². The molecular formula is C10H16BrN3O2S. The molecule has 1 aromatic rings. The Kier molecular flexibility index (Phi) is 4.91. The highest BCUT2D eigenvalue weighted by Crippen LogP contribution is 2.18. The van der Waals surface area contributed by atoms with E-state index in [0.29, 0.717) is 18.9 Å². The zero-order chi connectivity index (χ0) is 13.1. The monoisotopic (exact) mass is 321 g/mol. The Morgan fingerprint density at radius 2 is 2.00 bits per heavy atom. The summed E-state index contributed by atoms with van der Waals surface area (Å²) < 4.78 is 28.6. The van der Waals surface area contributed by atoms with Crippen molar-refractivity contribution >= 4 is 32.0 Å². The van der Waals surface area contributed by atoms with Gasteiger partial charge in [-0.2, -0.15) is 12.7 Å². The summed E-state index contributed by atoms with van der Waals surface area (Å²) in [6, 6.07) is 1.81. The minimum atomic E-state index is -3.51. The normalized spacial score (nSPS) is 11.8. The van der Waals surface area contributed by atoms with Gasteiger partial charge in [0.2, 0.25) is 0 Å². The molecule has 0 atom stereocenters. The average molecular weight is 322 g/mol. The summed E-state index contributed by atoms with van der Waals surface area (Å²) in [4.78, 5) is 4.05. The molecule has 17 heavy (non-hydrogen) atoms. The first-order valence-corrected chi connectivity index (χ1v) is 7.54. The summed E-state index contributed by atoms with van der Waals surface area (Å²) in [6.07, 6.45) is 1.56. The molecule has 1 rings (SSSR count). The van der Waals surface area contributed by atoms with Crippen LogP contribution >= 0.6 is 15.9 Å². The third-order valence-corrected chi connectivity index (χ3v) is 4.40. The summed E-state index contributed by atoms with van der Waals surface area (Å²) in [7, 11) is -3.51. The van der Waals surface area contributed by atoms with Crippen LogP contribution in [0.5, 0.6) is 0 Å². The number of rotatable bonds is 5. The lowest BCUT2D eigenvalue weighted by atomic mass is 10.3. The van der Waals surface area contributed by atoms with Gasteiger partial charge in [-0.3, -0.25) is 4.72 Å². The van der Waals surface area contributed by atoms with E-state index < -0.39 is 10.2 Å². The van der Waals surface area contributed by atoms with Gasteiger partial charge in [0.05, 0.1) is 0 Å². The summed E-state index contributed by atoms with van der Waals surface area (Å²) >= 11 is 3.28. The molecule has 0 fully saturated rings. The summed E-state index contributed by atoms with van der Waals surface area (Å²) in [5.41, 5.74) is 0.773. The summed E-state index contributed by atoms with van der Waals surface area (Å²) in [5, 5.41) is 0. The zero-order valence-electron chi connectivity index (χ0n) is 10.1. The van der Waals surface area contributed by atoms with Gasteiger partial charge in [0.1, 0.15) is 5.82 Å². The largest absolute Gasteiger partial charge is 0.302 e. The van der Waals surface area contributed by atoms with Crippen LogP contribution in [0.15, 0.2) is 16.7 Å². The second kappa shape index (κ2) is 5.79. The lowest BCUT2D eigenvalue weighted by Gasteiger charge is -2.19. The lowest BCUT2D eigenvalue weighted by Crippen LogP contribution is -2.35.